The van der Waals surface area contributed by atoms with Crippen LogP contribution in [-0.2, 0) is 19.1 Å². The van der Waals surface area contributed by atoms with Crippen molar-refractivity contribution in [3.05, 3.63) is 12.2 Å². The molecule has 7 nitrogen and oxygen atoms in total. The molecule has 0 radical (unpaired) electrons. The van der Waals surface area contributed by atoms with Gasteiger partial charge in [-0.05, 0) is 20.8 Å². The van der Waals surface area contributed by atoms with Gasteiger partial charge < -0.3 is 14.8 Å². The third-order valence-electron chi connectivity index (χ3n) is 2.19. The number of aldehydes is 1. The van der Waals surface area contributed by atoms with E-state index in [-0.39, 0.29) is 6.54 Å². The molecule has 104 valence electrons. The molecule has 0 saturated carbocycles. The molecule has 1 aliphatic heterocycles. The second-order valence-corrected chi connectivity index (χ2v) is 4.97. The Morgan fingerprint density at radius 2 is 1.89 bits per heavy atom. The molecule has 7 heteroatoms. The summed E-state index contributed by atoms with van der Waals surface area (Å²) in [6.45, 7) is 4.90. The standard InChI is InChI=1S/C12H16N2O5/c1-12(2,3)19-11(18)13-6-8(7-15)14-9(16)4-5-10(14)17/h4-5,7-8H,6H2,1-3H3,(H,13,18)/t8-/m1/s1. The topological polar surface area (TPSA) is 92.8 Å². The van der Waals surface area contributed by atoms with Crippen LogP contribution < -0.4 is 5.32 Å². The van der Waals surface area contributed by atoms with Crippen molar-refractivity contribution < 1.29 is 23.9 Å². The minimum absolute atomic E-state index is 0.183. The van der Waals surface area contributed by atoms with Crippen LogP contribution in [0.4, 0.5) is 4.79 Å². The van der Waals surface area contributed by atoms with E-state index in [2.05, 4.69) is 5.32 Å². The molecule has 1 rings (SSSR count). The highest BCUT2D eigenvalue weighted by Crippen LogP contribution is 2.09. The lowest BCUT2D eigenvalue weighted by Crippen LogP contribution is -2.48. The zero-order valence-electron chi connectivity index (χ0n) is 11.0. The van der Waals surface area contributed by atoms with Crippen LogP contribution in [-0.4, -0.2) is 47.3 Å². The van der Waals surface area contributed by atoms with E-state index < -0.39 is 29.6 Å². The highest BCUT2D eigenvalue weighted by Gasteiger charge is 2.31. The molecule has 0 aromatic rings. The van der Waals surface area contributed by atoms with Gasteiger partial charge in [0.1, 0.15) is 17.9 Å². The zero-order chi connectivity index (χ0) is 14.6. The fourth-order valence-corrected chi connectivity index (χ4v) is 1.44. The predicted molar refractivity (Wildman–Crippen MR) is 65.1 cm³/mol. The number of rotatable bonds is 4. The molecule has 0 saturated heterocycles. The molecule has 19 heavy (non-hydrogen) atoms. The van der Waals surface area contributed by atoms with Crippen molar-refractivity contribution in [2.45, 2.75) is 32.4 Å². The van der Waals surface area contributed by atoms with Crippen LogP contribution in [0.15, 0.2) is 12.2 Å². The minimum Gasteiger partial charge on any atom is -0.444 e. The number of nitrogens with zero attached hydrogens (tertiary/aromatic N) is 1. The minimum atomic E-state index is -1.04. The van der Waals surface area contributed by atoms with E-state index >= 15 is 0 Å². The summed E-state index contributed by atoms with van der Waals surface area (Å²) in [7, 11) is 0. The van der Waals surface area contributed by atoms with Gasteiger partial charge in [0.15, 0.2) is 0 Å². The molecule has 1 atom stereocenters. The number of carbonyl (C=O) groups excluding carboxylic acids is 4. The van der Waals surface area contributed by atoms with Gasteiger partial charge >= 0.3 is 6.09 Å². The summed E-state index contributed by atoms with van der Waals surface area (Å²) >= 11 is 0. The summed E-state index contributed by atoms with van der Waals surface area (Å²) in [5, 5.41) is 2.34. The molecule has 0 fully saturated rings. The van der Waals surface area contributed by atoms with Gasteiger partial charge in [-0.1, -0.05) is 0 Å². The maximum absolute atomic E-state index is 11.4. The highest BCUT2D eigenvalue weighted by atomic mass is 16.6. The van der Waals surface area contributed by atoms with Crippen LogP contribution in [0.1, 0.15) is 20.8 Å². The van der Waals surface area contributed by atoms with E-state index in [1.165, 1.54) is 0 Å². The second-order valence-electron chi connectivity index (χ2n) is 4.97. The fourth-order valence-electron chi connectivity index (χ4n) is 1.44. The van der Waals surface area contributed by atoms with E-state index in [1.807, 2.05) is 0 Å². The number of carbonyl (C=O) groups is 4. The predicted octanol–water partition coefficient (Wildman–Crippen LogP) is 0.00360. The van der Waals surface area contributed by atoms with E-state index in [0.717, 1.165) is 17.1 Å². The molecule has 0 aliphatic carbocycles. The Balaban J connectivity index is 2.55. The van der Waals surface area contributed by atoms with E-state index in [4.69, 9.17) is 4.74 Å². The molecule has 1 aliphatic rings. The Kier molecular flexibility index (Phi) is 4.42. The maximum Gasteiger partial charge on any atom is 0.407 e. The number of nitrogens with one attached hydrogen (secondary N) is 1. The molecule has 1 heterocycles. The van der Waals surface area contributed by atoms with Crippen molar-refractivity contribution in [1.29, 1.82) is 0 Å². The summed E-state index contributed by atoms with van der Waals surface area (Å²) in [5.41, 5.74) is -0.665. The van der Waals surface area contributed by atoms with E-state index in [0.29, 0.717) is 6.29 Å². The first-order chi connectivity index (χ1) is 8.74. The van der Waals surface area contributed by atoms with Crippen LogP contribution in [0.3, 0.4) is 0 Å². The zero-order valence-corrected chi connectivity index (χ0v) is 11.0. The summed E-state index contributed by atoms with van der Waals surface area (Å²) < 4.78 is 4.98. The second kappa shape index (κ2) is 5.64. The summed E-state index contributed by atoms with van der Waals surface area (Å²) in [6, 6.07) is -1.04. The van der Waals surface area contributed by atoms with Crippen LogP contribution in [0.25, 0.3) is 0 Å². The van der Waals surface area contributed by atoms with Crippen LogP contribution in [0, 0.1) is 0 Å². The molecule has 0 spiro atoms. The van der Waals surface area contributed by atoms with Crippen molar-refractivity contribution >= 4 is 24.2 Å². The van der Waals surface area contributed by atoms with Gasteiger partial charge in [-0.25, -0.2) is 4.79 Å². The third-order valence-corrected chi connectivity index (χ3v) is 2.19. The van der Waals surface area contributed by atoms with Gasteiger partial charge in [0.05, 0.1) is 0 Å². The van der Waals surface area contributed by atoms with Crippen LogP contribution in [0.2, 0.25) is 0 Å². The van der Waals surface area contributed by atoms with Gasteiger partial charge in [-0.2, -0.15) is 0 Å². The monoisotopic (exact) mass is 268 g/mol. The first-order valence-corrected chi connectivity index (χ1v) is 5.72. The van der Waals surface area contributed by atoms with E-state index in [1.54, 1.807) is 20.8 Å². The fraction of sp³-hybridized carbons (Fsp3) is 0.500. The molecular weight excluding hydrogens is 252 g/mol. The number of hydrogen-bond acceptors (Lipinski definition) is 5. The highest BCUT2D eigenvalue weighted by molar-refractivity contribution is 6.14. The van der Waals surface area contributed by atoms with Crippen molar-refractivity contribution in [2.75, 3.05) is 6.54 Å². The number of alkyl carbamates (subject to hydrolysis) is 1. The van der Waals surface area contributed by atoms with Crippen LogP contribution in [0.5, 0.6) is 0 Å². The normalized spacial score (nSPS) is 16.5. The molecule has 0 aromatic carbocycles. The Morgan fingerprint density at radius 3 is 2.32 bits per heavy atom. The van der Waals surface area contributed by atoms with Gasteiger partial charge in [0, 0.05) is 18.7 Å². The molecule has 1 N–H and O–H groups in total. The van der Waals surface area contributed by atoms with Crippen LogP contribution >= 0.6 is 0 Å². The number of ether oxygens (including phenoxy) is 1. The van der Waals surface area contributed by atoms with Crippen molar-refractivity contribution in [3.8, 4) is 0 Å². The molecule has 0 unspecified atom stereocenters. The Morgan fingerprint density at radius 1 is 1.37 bits per heavy atom. The van der Waals surface area contributed by atoms with E-state index in [9.17, 15) is 19.2 Å². The summed E-state index contributed by atoms with van der Waals surface area (Å²) in [6.07, 6.45) is 1.87. The Hall–Kier alpha value is -2.18. The van der Waals surface area contributed by atoms with Gasteiger partial charge in [0.2, 0.25) is 0 Å². The first kappa shape index (κ1) is 14.9. The molecule has 3 amide bonds. The summed E-state index contributed by atoms with van der Waals surface area (Å²) in [5.74, 6) is -1.15. The lowest BCUT2D eigenvalue weighted by atomic mass is 10.2. The number of imide groups is 1. The number of hydrogen-bond donors (Lipinski definition) is 1. The summed E-state index contributed by atoms with van der Waals surface area (Å²) in [4.78, 5) is 45.8. The lowest BCUT2D eigenvalue weighted by Gasteiger charge is -2.23. The average Bonchev–Trinajstić information content (AvgIpc) is 2.59. The largest absolute Gasteiger partial charge is 0.444 e. The van der Waals surface area contributed by atoms with Crippen molar-refractivity contribution in [1.82, 2.24) is 10.2 Å². The number of amides is 3. The smallest absolute Gasteiger partial charge is 0.407 e. The molecule has 0 aromatic heterocycles. The molecule has 0 bridgehead atoms. The lowest BCUT2D eigenvalue weighted by molar-refractivity contribution is -0.141. The van der Waals surface area contributed by atoms with Crippen molar-refractivity contribution in [3.63, 3.8) is 0 Å². The van der Waals surface area contributed by atoms with Crippen molar-refractivity contribution in [2.24, 2.45) is 0 Å². The van der Waals surface area contributed by atoms with Gasteiger partial charge in [-0.15, -0.1) is 0 Å². The average molecular weight is 268 g/mol. The quantitative estimate of drug-likeness (QED) is 0.572. The Labute approximate surface area is 110 Å². The van der Waals surface area contributed by atoms with Gasteiger partial charge in [-0.3, -0.25) is 14.5 Å². The first-order valence-electron chi connectivity index (χ1n) is 5.72. The third kappa shape index (κ3) is 4.20. The SMILES string of the molecule is CC(C)(C)OC(=O)NC[C@H](C=O)N1C(=O)C=CC1=O. The maximum atomic E-state index is 11.4. The Bertz CT molecular complexity index is 418. The van der Waals surface area contributed by atoms with Gasteiger partial charge in [0.25, 0.3) is 11.8 Å². The molecular formula is C12H16N2O5.